The van der Waals surface area contributed by atoms with E-state index in [2.05, 4.69) is 10.3 Å². The Hall–Kier alpha value is -2.53. The number of amides is 1. The molecule has 1 N–H and O–H groups in total. The molecule has 2 aromatic heterocycles. The lowest BCUT2D eigenvalue weighted by Gasteiger charge is -2.07. The van der Waals surface area contributed by atoms with Crippen LogP contribution in [0.3, 0.4) is 0 Å². The van der Waals surface area contributed by atoms with Gasteiger partial charge in [0.25, 0.3) is 11.5 Å². The summed E-state index contributed by atoms with van der Waals surface area (Å²) in [7, 11) is 0. The highest BCUT2D eigenvalue weighted by Gasteiger charge is 2.12. The molecular formula is C12H9FN4O2S. The van der Waals surface area contributed by atoms with Crippen LogP contribution in [-0.2, 0) is 6.54 Å². The summed E-state index contributed by atoms with van der Waals surface area (Å²) in [5, 5.41) is 11.3. The largest absolute Gasteiger partial charge is 0.320 e. The van der Waals surface area contributed by atoms with Crippen molar-refractivity contribution in [3.05, 3.63) is 44.5 Å². The van der Waals surface area contributed by atoms with Crippen molar-refractivity contribution in [2.75, 3.05) is 5.32 Å². The van der Waals surface area contributed by atoms with Crippen LogP contribution in [0.1, 0.15) is 21.6 Å². The van der Waals surface area contributed by atoms with Crippen LogP contribution >= 0.6 is 11.3 Å². The molecule has 2 aromatic rings. The Morgan fingerprint density at radius 2 is 2.40 bits per heavy atom. The van der Waals surface area contributed by atoms with Gasteiger partial charge in [-0.15, -0.1) is 0 Å². The minimum Gasteiger partial charge on any atom is -0.320 e. The normalized spacial score (nSPS) is 10.1. The predicted octanol–water partition coefficient (Wildman–Crippen LogP) is 1.59. The number of nitrogens with zero attached hydrogens (tertiary/aromatic N) is 3. The number of anilines is 1. The van der Waals surface area contributed by atoms with E-state index in [1.807, 2.05) is 6.07 Å². The van der Waals surface area contributed by atoms with Crippen molar-refractivity contribution in [3.8, 4) is 6.07 Å². The summed E-state index contributed by atoms with van der Waals surface area (Å²) in [5.41, 5.74) is -0.573. The second kappa shape index (κ2) is 5.63. The van der Waals surface area contributed by atoms with E-state index in [4.69, 9.17) is 5.26 Å². The molecule has 2 heterocycles. The standard InChI is InChI=1S/C12H9FN4O2S/c1-2-17-6-7(3-8(13)12(17)19)16-11(18)9-5-15-10(4-14)20-9/h3,5-6H,2H2,1H3,(H,16,18). The lowest BCUT2D eigenvalue weighted by molar-refractivity contribution is 0.103. The van der Waals surface area contributed by atoms with Crippen molar-refractivity contribution in [2.45, 2.75) is 13.5 Å². The molecule has 0 spiro atoms. The minimum atomic E-state index is -0.938. The molecular weight excluding hydrogens is 283 g/mol. The quantitative estimate of drug-likeness (QED) is 0.930. The number of pyridine rings is 1. The number of hydrogen-bond acceptors (Lipinski definition) is 5. The number of rotatable bonds is 3. The Morgan fingerprint density at radius 1 is 1.65 bits per heavy atom. The van der Waals surface area contributed by atoms with Gasteiger partial charge in [-0.2, -0.15) is 5.26 Å². The summed E-state index contributed by atoms with van der Waals surface area (Å²) in [5.74, 6) is -1.45. The lowest BCUT2D eigenvalue weighted by atomic mass is 10.3. The van der Waals surface area contributed by atoms with Crippen molar-refractivity contribution in [1.82, 2.24) is 9.55 Å². The maximum atomic E-state index is 13.4. The molecule has 0 aliphatic carbocycles. The van der Waals surface area contributed by atoms with E-state index < -0.39 is 17.3 Å². The first-order valence-corrected chi connectivity index (χ1v) is 6.44. The van der Waals surface area contributed by atoms with E-state index in [0.29, 0.717) is 6.54 Å². The number of carbonyl (C=O) groups excluding carboxylic acids is 1. The van der Waals surface area contributed by atoms with Crippen LogP contribution in [0.2, 0.25) is 0 Å². The van der Waals surface area contributed by atoms with E-state index in [9.17, 15) is 14.0 Å². The van der Waals surface area contributed by atoms with Crippen LogP contribution < -0.4 is 10.9 Å². The van der Waals surface area contributed by atoms with Crippen LogP contribution in [0.4, 0.5) is 10.1 Å². The molecule has 0 fully saturated rings. The maximum Gasteiger partial charge on any atom is 0.286 e. The molecule has 1 amide bonds. The van der Waals surface area contributed by atoms with Crippen LogP contribution in [0, 0.1) is 17.1 Å². The summed E-state index contributed by atoms with van der Waals surface area (Å²) in [6, 6.07) is 2.78. The Balaban J connectivity index is 2.26. The zero-order valence-electron chi connectivity index (χ0n) is 10.4. The highest BCUT2D eigenvalue weighted by Crippen LogP contribution is 2.14. The average molecular weight is 292 g/mol. The summed E-state index contributed by atoms with van der Waals surface area (Å²) >= 11 is 0.931. The molecule has 2 rings (SSSR count). The number of nitriles is 1. The second-order valence-corrected chi connectivity index (χ2v) is 4.79. The van der Waals surface area contributed by atoms with Gasteiger partial charge in [0.2, 0.25) is 0 Å². The first kappa shape index (κ1) is 13.9. The van der Waals surface area contributed by atoms with E-state index in [-0.39, 0.29) is 15.6 Å². The number of hydrogen-bond donors (Lipinski definition) is 1. The number of halogens is 1. The monoisotopic (exact) mass is 292 g/mol. The van der Waals surface area contributed by atoms with Crippen molar-refractivity contribution >= 4 is 22.9 Å². The highest BCUT2D eigenvalue weighted by atomic mass is 32.1. The lowest BCUT2D eigenvalue weighted by Crippen LogP contribution is -2.23. The molecule has 0 bridgehead atoms. The molecule has 0 aromatic carbocycles. The van der Waals surface area contributed by atoms with Crippen molar-refractivity contribution < 1.29 is 9.18 Å². The number of nitrogens with one attached hydrogen (secondary N) is 1. The third-order valence-corrected chi connectivity index (χ3v) is 3.37. The zero-order chi connectivity index (χ0) is 14.7. The summed E-state index contributed by atoms with van der Waals surface area (Å²) in [6.07, 6.45) is 2.63. The molecule has 20 heavy (non-hydrogen) atoms. The molecule has 0 saturated heterocycles. The fourth-order valence-electron chi connectivity index (χ4n) is 1.53. The number of aromatic nitrogens is 2. The van der Waals surface area contributed by atoms with Gasteiger partial charge < -0.3 is 9.88 Å². The Kier molecular flexibility index (Phi) is 3.91. The zero-order valence-corrected chi connectivity index (χ0v) is 11.2. The van der Waals surface area contributed by atoms with E-state index in [1.165, 1.54) is 12.4 Å². The summed E-state index contributed by atoms with van der Waals surface area (Å²) < 4.78 is 14.6. The SMILES string of the molecule is CCn1cc(NC(=O)c2cnc(C#N)s2)cc(F)c1=O. The average Bonchev–Trinajstić information content (AvgIpc) is 2.91. The van der Waals surface area contributed by atoms with E-state index in [1.54, 1.807) is 6.92 Å². The molecule has 0 aliphatic heterocycles. The topological polar surface area (TPSA) is 87.8 Å². The van der Waals surface area contributed by atoms with Gasteiger partial charge in [0.15, 0.2) is 10.8 Å². The molecule has 8 heteroatoms. The molecule has 102 valence electrons. The van der Waals surface area contributed by atoms with E-state index in [0.717, 1.165) is 22.0 Å². The number of carbonyl (C=O) groups is 1. The molecule has 0 aliphatic rings. The second-order valence-electron chi connectivity index (χ2n) is 3.76. The smallest absolute Gasteiger partial charge is 0.286 e. The highest BCUT2D eigenvalue weighted by molar-refractivity contribution is 7.14. The first-order valence-electron chi connectivity index (χ1n) is 5.62. The third kappa shape index (κ3) is 2.73. The van der Waals surface area contributed by atoms with E-state index >= 15 is 0 Å². The van der Waals surface area contributed by atoms with Crippen molar-refractivity contribution in [2.24, 2.45) is 0 Å². The van der Waals surface area contributed by atoms with Gasteiger partial charge in [-0.3, -0.25) is 9.59 Å². The third-order valence-electron chi connectivity index (χ3n) is 2.47. The number of thiazole rings is 1. The van der Waals surface area contributed by atoms with Crippen molar-refractivity contribution in [1.29, 1.82) is 5.26 Å². The van der Waals surface area contributed by atoms with Crippen molar-refractivity contribution in [3.63, 3.8) is 0 Å². The maximum absolute atomic E-state index is 13.4. The first-order chi connectivity index (χ1) is 9.55. The Morgan fingerprint density at radius 3 is 3.00 bits per heavy atom. The van der Waals surface area contributed by atoms with Crippen LogP contribution in [0.5, 0.6) is 0 Å². The summed E-state index contributed by atoms with van der Waals surface area (Å²) in [4.78, 5) is 27.2. The Bertz CT molecular complexity index is 760. The van der Waals surface area contributed by atoms with Gasteiger partial charge in [0, 0.05) is 18.8 Å². The van der Waals surface area contributed by atoms with Crippen LogP contribution in [0.25, 0.3) is 0 Å². The van der Waals surface area contributed by atoms with Gasteiger partial charge in [-0.05, 0) is 6.92 Å². The molecule has 0 atom stereocenters. The molecule has 6 nitrogen and oxygen atoms in total. The number of aryl methyl sites for hydroxylation is 1. The van der Waals surface area contributed by atoms with Gasteiger partial charge in [0.05, 0.1) is 11.9 Å². The predicted molar refractivity (Wildman–Crippen MR) is 71.1 cm³/mol. The summed E-state index contributed by atoms with van der Waals surface area (Å²) in [6.45, 7) is 1.98. The molecule has 0 unspecified atom stereocenters. The van der Waals surface area contributed by atoms with Gasteiger partial charge in [0.1, 0.15) is 10.9 Å². The van der Waals surface area contributed by atoms with Crippen LogP contribution in [-0.4, -0.2) is 15.5 Å². The van der Waals surface area contributed by atoms with Gasteiger partial charge in [-0.25, -0.2) is 9.37 Å². The van der Waals surface area contributed by atoms with Gasteiger partial charge >= 0.3 is 0 Å². The molecule has 0 radical (unpaired) electrons. The Labute approximate surface area is 117 Å². The fourth-order valence-corrected chi connectivity index (χ4v) is 2.13. The van der Waals surface area contributed by atoms with Crippen LogP contribution in [0.15, 0.2) is 23.3 Å². The minimum absolute atomic E-state index is 0.167. The fraction of sp³-hybridized carbons (Fsp3) is 0.167. The van der Waals surface area contributed by atoms with Gasteiger partial charge in [-0.1, -0.05) is 11.3 Å². The molecule has 0 saturated carbocycles.